The Morgan fingerprint density at radius 2 is 1.14 bits per heavy atom. The van der Waals surface area contributed by atoms with Gasteiger partial charge in [-0.05, 0) is 11.1 Å². The Morgan fingerprint density at radius 1 is 0.679 bits per heavy atom. The van der Waals surface area contributed by atoms with Gasteiger partial charge in [-0.15, -0.1) is 0 Å². The Kier molecular flexibility index (Phi) is 15.0. The first-order valence-electron chi connectivity index (χ1n) is 9.67. The Bertz CT molecular complexity index is 524. The summed E-state index contributed by atoms with van der Waals surface area (Å²) in [6.45, 7) is 5.33. The quantitative estimate of drug-likeness (QED) is 0.451. The van der Waals surface area contributed by atoms with E-state index >= 15 is 0 Å². The smallest absolute Gasteiger partial charge is 0.0698 e. The molecule has 0 heterocycles. The van der Waals surface area contributed by atoms with Crippen molar-refractivity contribution in [3.8, 4) is 0 Å². The maximum absolute atomic E-state index is 8.76. The van der Waals surface area contributed by atoms with Crippen LogP contribution in [0.3, 0.4) is 0 Å². The summed E-state index contributed by atoms with van der Waals surface area (Å²) in [6.07, 6.45) is 0. The molecule has 0 aliphatic rings. The Labute approximate surface area is 168 Å². The fraction of sp³-hybridized carbons (Fsp3) is 0.455. The molecule has 0 fully saturated rings. The first-order chi connectivity index (χ1) is 13.8. The molecule has 28 heavy (non-hydrogen) atoms. The van der Waals surface area contributed by atoms with Crippen LogP contribution >= 0.6 is 0 Å². The summed E-state index contributed by atoms with van der Waals surface area (Å²) in [5.74, 6) is 0. The summed E-state index contributed by atoms with van der Waals surface area (Å²) < 4.78 is 10.2. The Hall–Kier alpha value is -1.80. The van der Waals surface area contributed by atoms with Crippen LogP contribution in [-0.2, 0) is 22.6 Å². The SMILES string of the molecule is NCCOCCO.OCCOCCN(Cc1ccccc1)Cc1ccccc1. The lowest BCUT2D eigenvalue weighted by molar-refractivity contribution is 0.0703. The van der Waals surface area contributed by atoms with Crippen molar-refractivity contribution in [2.75, 3.05) is 52.7 Å². The molecule has 2 aromatic rings. The molecule has 6 nitrogen and oxygen atoms in total. The van der Waals surface area contributed by atoms with Gasteiger partial charge in [-0.25, -0.2) is 0 Å². The highest BCUT2D eigenvalue weighted by atomic mass is 16.5. The fourth-order valence-electron chi connectivity index (χ4n) is 2.51. The number of aliphatic hydroxyl groups excluding tert-OH is 2. The minimum Gasteiger partial charge on any atom is -0.394 e. The van der Waals surface area contributed by atoms with Crippen LogP contribution < -0.4 is 5.73 Å². The van der Waals surface area contributed by atoms with E-state index in [4.69, 9.17) is 25.4 Å². The highest BCUT2D eigenvalue weighted by Gasteiger charge is 2.07. The minimum atomic E-state index is 0.0807. The molecule has 4 N–H and O–H groups in total. The van der Waals surface area contributed by atoms with Crippen LogP contribution in [0, 0.1) is 0 Å². The zero-order valence-electron chi connectivity index (χ0n) is 16.6. The lowest BCUT2D eigenvalue weighted by atomic mass is 10.1. The van der Waals surface area contributed by atoms with Gasteiger partial charge < -0.3 is 25.4 Å². The van der Waals surface area contributed by atoms with Crippen molar-refractivity contribution in [2.45, 2.75) is 13.1 Å². The third kappa shape index (κ3) is 12.6. The molecule has 0 atom stereocenters. The van der Waals surface area contributed by atoms with Crippen molar-refractivity contribution in [1.82, 2.24) is 4.90 Å². The van der Waals surface area contributed by atoms with Gasteiger partial charge >= 0.3 is 0 Å². The average molecular weight is 391 g/mol. The summed E-state index contributed by atoms with van der Waals surface area (Å²) in [5, 5.41) is 16.9. The molecule has 0 saturated heterocycles. The van der Waals surface area contributed by atoms with Crippen LogP contribution in [0.5, 0.6) is 0 Å². The van der Waals surface area contributed by atoms with E-state index in [9.17, 15) is 0 Å². The lowest BCUT2D eigenvalue weighted by Crippen LogP contribution is -2.27. The molecule has 0 radical (unpaired) electrons. The molecular formula is C22H34N2O4. The van der Waals surface area contributed by atoms with Crippen LogP contribution in [0.2, 0.25) is 0 Å². The number of rotatable bonds is 13. The van der Waals surface area contributed by atoms with Crippen LogP contribution in [0.4, 0.5) is 0 Å². The van der Waals surface area contributed by atoms with Gasteiger partial charge in [0.1, 0.15) is 0 Å². The molecule has 156 valence electrons. The molecule has 6 heteroatoms. The summed E-state index contributed by atoms with van der Waals surface area (Å²) in [5.41, 5.74) is 7.67. The zero-order chi connectivity index (χ0) is 20.3. The number of nitrogens with two attached hydrogens (primary N) is 1. The van der Waals surface area contributed by atoms with Gasteiger partial charge in [0.05, 0.1) is 39.6 Å². The molecule has 0 spiro atoms. The predicted octanol–water partition coefficient (Wildman–Crippen LogP) is 1.65. The van der Waals surface area contributed by atoms with Gasteiger partial charge in [0.25, 0.3) is 0 Å². The third-order valence-corrected chi connectivity index (χ3v) is 3.78. The van der Waals surface area contributed by atoms with Gasteiger partial charge in [-0.1, -0.05) is 60.7 Å². The second kappa shape index (κ2) is 17.3. The summed E-state index contributed by atoms with van der Waals surface area (Å²) in [6, 6.07) is 20.9. The molecular weight excluding hydrogens is 356 g/mol. The van der Waals surface area contributed by atoms with Crippen LogP contribution in [0.25, 0.3) is 0 Å². The van der Waals surface area contributed by atoms with E-state index in [2.05, 4.69) is 53.4 Å². The average Bonchev–Trinajstić information content (AvgIpc) is 2.73. The van der Waals surface area contributed by atoms with Crippen LogP contribution in [0.1, 0.15) is 11.1 Å². The van der Waals surface area contributed by atoms with E-state index in [0.29, 0.717) is 33.0 Å². The standard InChI is InChI=1S/C18H23NO2.C4H11NO2/c20-12-14-21-13-11-19(15-17-7-3-1-4-8-17)16-18-9-5-2-6-10-18;5-1-3-7-4-2-6/h1-10,20H,11-16H2;6H,1-5H2. The van der Waals surface area contributed by atoms with Gasteiger partial charge in [0.15, 0.2) is 0 Å². The van der Waals surface area contributed by atoms with Crippen molar-refractivity contribution >= 4 is 0 Å². The van der Waals surface area contributed by atoms with Crippen molar-refractivity contribution in [3.63, 3.8) is 0 Å². The number of hydrogen-bond donors (Lipinski definition) is 3. The van der Waals surface area contributed by atoms with Gasteiger partial charge in [-0.3, -0.25) is 4.90 Å². The fourth-order valence-corrected chi connectivity index (χ4v) is 2.51. The van der Waals surface area contributed by atoms with Crippen molar-refractivity contribution < 1.29 is 19.7 Å². The zero-order valence-corrected chi connectivity index (χ0v) is 16.6. The topological polar surface area (TPSA) is 88.2 Å². The van der Waals surface area contributed by atoms with Gasteiger partial charge in [0.2, 0.25) is 0 Å². The number of aliphatic hydroxyl groups is 2. The minimum absolute atomic E-state index is 0.0807. The van der Waals surface area contributed by atoms with Crippen LogP contribution in [0.15, 0.2) is 60.7 Å². The van der Waals surface area contributed by atoms with Crippen LogP contribution in [-0.4, -0.2) is 67.8 Å². The number of hydrogen-bond acceptors (Lipinski definition) is 6. The van der Waals surface area contributed by atoms with E-state index < -0.39 is 0 Å². The Balaban J connectivity index is 0.000000480. The molecule has 0 aliphatic carbocycles. The normalized spacial score (nSPS) is 10.6. The van der Waals surface area contributed by atoms with Crippen molar-refractivity contribution in [2.24, 2.45) is 5.73 Å². The summed E-state index contributed by atoms with van der Waals surface area (Å²) in [4.78, 5) is 2.36. The highest BCUT2D eigenvalue weighted by molar-refractivity contribution is 5.17. The maximum atomic E-state index is 8.76. The monoisotopic (exact) mass is 390 g/mol. The van der Waals surface area contributed by atoms with E-state index in [1.807, 2.05) is 12.1 Å². The molecule has 0 bridgehead atoms. The Morgan fingerprint density at radius 3 is 1.57 bits per heavy atom. The number of nitrogens with zero attached hydrogens (tertiary/aromatic N) is 1. The number of ether oxygens (including phenoxy) is 2. The molecule has 0 saturated carbocycles. The molecule has 2 rings (SSSR count). The van der Waals surface area contributed by atoms with Gasteiger partial charge in [0, 0.05) is 26.2 Å². The highest BCUT2D eigenvalue weighted by Crippen LogP contribution is 2.09. The maximum Gasteiger partial charge on any atom is 0.0698 e. The van der Waals surface area contributed by atoms with E-state index in [1.165, 1.54) is 11.1 Å². The molecule has 0 unspecified atom stereocenters. The molecule has 2 aromatic carbocycles. The third-order valence-electron chi connectivity index (χ3n) is 3.78. The van der Waals surface area contributed by atoms with E-state index in [0.717, 1.165) is 19.6 Å². The largest absolute Gasteiger partial charge is 0.394 e. The molecule has 0 amide bonds. The summed E-state index contributed by atoms with van der Waals surface area (Å²) >= 11 is 0. The first kappa shape index (κ1) is 24.2. The van der Waals surface area contributed by atoms with Crippen molar-refractivity contribution in [1.29, 1.82) is 0 Å². The second-order valence-corrected chi connectivity index (χ2v) is 6.14. The van der Waals surface area contributed by atoms with Gasteiger partial charge in [-0.2, -0.15) is 0 Å². The number of benzene rings is 2. The van der Waals surface area contributed by atoms with E-state index in [-0.39, 0.29) is 13.2 Å². The van der Waals surface area contributed by atoms with Crippen molar-refractivity contribution in [3.05, 3.63) is 71.8 Å². The lowest BCUT2D eigenvalue weighted by Gasteiger charge is -2.22. The predicted molar refractivity (Wildman–Crippen MR) is 112 cm³/mol. The second-order valence-electron chi connectivity index (χ2n) is 6.14. The summed E-state index contributed by atoms with van der Waals surface area (Å²) in [7, 11) is 0. The first-order valence-corrected chi connectivity index (χ1v) is 9.67. The van der Waals surface area contributed by atoms with E-state index in [1.54, 1.807) is 0 Å². The molecule has 0 aromatic heterocycles. The molecule has 0 aliphatic heterocycles.